The number of nitrogens with one attached hydrogen (secondary N) is 2. The van der Waals surface area contributed by atoms with Crippen molar-refractivity contribution in [2.75, 3.05) is 19.6 Å². The fourth-order valence-electron chi connectivity index (χ4n) is 5.34. The second-order valence-electron chi connectivity index (χ2n) is 10.8. The first-order valence-electron chi connectivity index (χ1n) is 14.0. The minimum Gasteiger partial charge on any atom is -0.465 e. The van der Waals surface area contributed by atoms with Crippen LogP contribution in [0.1, 0.15) is 47.2 Å². The van der Waals surface area contributed by atoms with Gasteiger partial charge in [-0.1, -0.05) is 30.0 Å². The summed E-state index contributed by atoms with van der Waals surface area (Å²) in [5.74, 6) is 10.6. The van der Waals surface area contributed by atoms with Gasteiger partial charge in [0.05, 0.1) is 12.6 Å². The molecule has 3 fully saturated rings. The first kappa shape index (κ1) is 28.7. The van der Waals surface area contributed by atoms with Gasteiger partial charge >= 0.3 is 6.09 Å². The van der Waals surface area contributed by atoms with Crippen LogP contribution in [0, 0.1) is 29.6 Å². The van der Waals surface area contributed by atoms with E-state index < -0.39 is 30.3 Å². The maximum Gasteiger partial charge on any atom is 0.408 e. The molecule has 0 aromatic heterocycles. The minimum atomic E-state index is -1.40. The summed E-state index contributed by atoms with van der Waals surface area (Å²) in [7, 11) is 0. The standard InChI is InChI=1S/C32H31FN4O5/c33-25-16-28(37(19-25)32(41)42)30(39)35-26-17-27(36(20-26)31(40)24-14-15-24)18-34-29(38)23-12-10-22(11-13-23)9-5-4-8-21-6-2-1-3-7-21/h1-3,6-7,10-13,24-28H,14-20H2,(H,34,38)(H,35,39)(H,41,42)/t25-,26+,27+,28-/m0/s1. The van der Waals surface area contributed by atoms with E-state index in [0.717, 1.165) is 23.3 Å². The van der Waals surface area contributed by atoms with Gasteiger partial charge in [0.1, 0.15) is 12.2 Å². The van der Waals surface area contributed by atoms with Crippen molar-refractivity contribution in [2.45, 2.75) is 50.0 Å². The smallest absolute Gasteiger partial charge is 0.408 e. The fourth-order valence-corrected chi connectivity index (χ4v) is 5.34. The van der Waals surface area contributed by atoms with Gasteiger partial charge in [0, 0.05) is 48.2 Å². The Morgan fingerprint density at radius 2 is 1.55 bits per heavy atom. The topological polar surface area (TPSA) is 119 Å². The number of halogens is 1. The lowest BCUT2D eigenvalue weighted by Gasteiger charge is -2.25. The number of alkyl halides is 1. The third-order valence-corrected chi connectivity index (χ3v) is 7.66. The molecule has 216 valence electrons. The number of nitrogens with zero attached hydrogens (tertiary/aromatic N) is 2. The van der Waals surface area contributed by atoms with Crippen molar-refractivity contribution < 1.29 is 28.7 Å². The molecule has 3 N–H and O–H groups in total. The highest BCUT2D eigenvalue weighted by molar-refractivity contribution is 5.94. The summed E-state index contributed by atoms with van der Waals surface area (Å²) in [6.07, 6.45) is -0.920. The molecule has 1 aliphatic carbocycles. The van der Waals surface area contributed by atoms with Crippen molar-refractivity contribution >= 4 is 23.8 Å². The Labute approximate surface area is 243 Å². The van der Waals surface area contributed by atoms with Gasteiger partial charge in [-0.15, -0.1) is 0 Å². The van der Waals surface area contributed by atoms with Crippen LogP contribution in [-0.4, -0.2) is 82.7 Å². The summed E-state index contributed by atoms with van der Waals surface area (Å²) in [5, 5.41) is 15.0. The van der Waals surface area contributed by atoms with Crippen LogP contribution in [0.15, 0.2) is 54.6 Å². The molecule has 9 nitrogen and oxygen atoms in total. The number of likely N-dealkylation sites (tertiary alicyclic amines) is 2. The van der Waals surface area contributed by atoms with Crippen LogP contribution in [0.2, 0.25) is 0 Å². The maximum atomic E-state index is 13.9. The third-order valence-electron chi connectivity index (χ3n) is 7.66. The van der Waals surface area contributed by atoms with Gasteiger partial charge in [-0.3, -0.25) is 19.3 Å². The molecule has 2 heterocycles. The molecule has 1 saturated carbocycles. The average Bonchev–Trinajstić information content (AvgIpc) is 3.65. The van der Waals surface area contributed by atoms with Crippen molar-refractivity contribution in [3.05, 3.63) is 71.3 Å². The normalized spacial score (nSPS) is 22.8. The number of carbonyl (C=O) groups excluding carboxylic acids is 3. The Kier molecular flexibility index (Phi) is 8.73. The molecule has 2 aromatic carbocycles. The number of carboxylic acid groups (broad SMARTS) is 1. The van der Waals surface area contributed by atoms with E-state index in [9.17, 15) is 28.7 Å². The van der Waals surface area contributed by atoms with Crippen molar-refractivity contribution in [3.8, 4) is 23.7 Å². The van der Waals surface area contributed by atoms with Crippen LogP contribution in [0.25, 0.3) is 0 Å². The molecule has 4 amide bonds. The Bertz CT molecular complexity index is 1470. The van der Waals surface area contributed by atoms with E-state index in [1.54, 1.807) is 29.2 Å². The van der Waals surface area contributed by atoms with Gasteiger partial charge in [-0.2, -0.15) is 0 Å². The zero-order chi connectivity index (χ0) is 29.6. The quantitative estimate of drug-likeness (QED) is 0.461. The molecule has 42 heavy (non-hydrogen) atoms. The molecule has 0 spiro atoms. The summed E-state index contributed by atoms with van der Waals surface area (Å²) < 4.78 is 13.9. The number of hydrogen-bond acceptors (Lipinski definition) is 4. The number of benzene rings is 2. The van der Waals surface area contributed by atoms with Crippen LogP contribution < -0.4 is 10.6 Å². The Morgan fingerprint density at radius 3 is 2.19 bits per heavy atom. The first-order chi connectivity index (χ1) is 20.3. The summed E-state index contributed by atoms with van der Waals surface area (Å²) >= 11 is 0. The highest BCUT2D eigenvalue weighted by Gasteiger charge is 2.44. The summed E-state index contributed by atoms with van der Waals surface area (Å²) in [4.78, 5) is 52.6. The van der Waals surface area contributed by atoms with Crippen molar-refractivity contribution in [1.29, 1.82) is 0 Å². The lowest BCUT2D eigenvalue weighted by atomic mass is 10.1. The maximum absolute atomic E-state index is 13.9. The summed E-state index contributed by atoms with van der Waals surface area (Å²) in [5.41, 5.74) is 2.03. The Hall–Kier alpha value is -4.83. The van der Waals surface area contributed by atoms with Gasteiger partial charge < -0.3 is 20.6 Å². The second-order valence-corrected chi connectivity index (χ2v) is 10.8. The fraction of sp³-hybridized carbons (Fsp3) is 0.375. The predicted octanol–water partition coefficient (Wildman–Crippen LogP) is 2.41. The summed E-state index contributed by atoms with van der Waals surface area (Å²) in [6.45, 7) is 0.105. The van der Waals surface area contributed by atoms with E-state index in [0.29, 0.717) is 17.5 Å². The number of amides is 4. The largest absolute Gasteiger partial charge is 0.465 e. The zero-order valence-electron chi connectivity index (χ0n) is 22.9. The van der Waals surface area contributed by atoms with E-state index >= 15 is 0 Å². The van der Waals surface area contributed by atoms with E-state index in [1.165, 1.54) is 0 Å². The van der Waals surface area contributed by atoms with Crippen LogP contribution in [0.3, 0.4) is 0 Å². The van der Waals surface area contributed by atoms with Crippen LogP contribution in [-0.2, 0) is 9.59 Å². The highest BCUT2D eigenvalue weighted by atomic mass is 19.1. The molecule has 2 aliphatic heterocycles. The van der Waals surface area contributed by atoms with Gasteiger partial charge in [0.2, 0.25) is 11.8 Å². The van der Waals surface area contributed by atoms with Crippen LogP contribution >= 0.6 is 0 Å². The second kappa shape index (κ2) is 12.8. The van der Waals surface area contributed by atoms with E-state index in [-0.39, 0.29) is 49.8 Å². The van der Waals surface area contributed by atoms with Gasteiger partial charge in [0.15, 0.2) is 0 Å². The van der Waals surface area contributed by atoms with Crippen molar-refractivity contribution in [2.24, 2.45) is 5.92 Å². The SMILES string of the molecule is O=C(NC[C@H]1C[C@@H](NC(=O)[C@@H]2C[C@H](F)CN2C(=O)O)CN1C(=O)C1CC1)c1ccc(C#CC#Cc2ccccc2)cc1. The lowest BCUT2D eigenvalue weighted by Crippen LogP contribution is -2.49. The molecule has 0 bridgehead atoms. The van der Waals surface area contributed by atoms with E-state index in [4.69, 9.17) is 0 Å². The Balaban J connectivity index is 1.17. The zero-order valence-corrected chi connectivity index (χ0v) is 22.9. The molecule has 3 aliphatic rings. The Morgan fingerprint density at radius 1 is 0.881 bits per heavy atom. The molecular weight excluding hydrogens is 539 g/mol. The molecule has 2 aromatic rings. The lowest BCUT2D eigenvalue weighted by molar-refractivity contribution is -0.133. The van der Waals surface area contributed by atoms with Crippen molar-refractivity contribution in [3.63, 3.8) is 0 Å². The molecular formula is C32H31FN4O5. The predicted molar refractivity (Wildman–Crippen MR) is 152 cm³/mol. The summed E-state index contributed by atoms with van der Waals surface area (Å²) in [6, 6.07) is 14.5. The molecule has 5 rings (SSSR count). The van der Waals surface area contributed by atoms with Crippen LogP contribution in [0.4, 0.5) is 9.18 Å². The monoisotopic (exact) mass is 570 g/mol. The van der Waals surface area contributed by atoms with Gasteiger partial charge in [0.25, 0.3) is 5.91 Å². The van der Waals surface area contributed by atoms with Gasteiger partial charge in [-0.25, -0.2) is 9.18 Å². The van der Waals surface area contributed by atoms with Crippen LogP contribution in [0.5, 0.6) is 0 Å². The molecule has 2 saturated heterocycles. The van der Waals surface area contributed by atoms with E-state index in [1.807, 2.05) is 30.3 Å². The van der Waals surface area contributed by atoms with Gasteiger partial charge in [-0.05, 0) is 67.5 Å². The molecule has 10 heteroatoms. The third kappa shape index (κ3) is 7.08. The minimum absolute atomic E-state index is 0.0128. The van der Waals surface area contributed by atoms with E-state index in [2.05, 4.69) is 34.3 Å². The molecule has 4 atom stereocenters. The molecule has 0 unspecified atom stereocenters. The highest BCUT2D eigenvalue weighted by Crippen LogP contribution is 2.34. The molecule has 0 radical (unpaired) electrons. The number of hydrogen-bond donors (Lipinski definition) is 3. The number of carbonyl (C=O) groups is 4. The van der Waals surface area contributed by atoms with Crippen molar-refractivity contribution in [1.82, 2.24) is 20.4 Å². The number of rotatable bonds is 6. The average molecular weight is 571 g/mol. The first-order valence-corrected chi connectivity index (χ1v) is 14.0.